The topological polar surface area (TPSA) is 27.7 Å². The van der Waals surface area contributed by atoms with Crippen LogP contribution in [0.1, 0.15) is 31.6 Å². The lowest BCUT2D eigenvalue weighted by Gasteiger charge is -2.29. The summed E-state index contributed by atoms with van der Waals surface area (Å²) in [5, 5.41) is 0. The van der Waals surface area contributed by atoms with Crippen molar-refractivity contribution in [2.75, 3.05) is 19.7 Å². The molecule has 4 rings (SSSR count). The molecule has 0 N–H and O–H groups in total. The van der Waals surface area contributed by atoms with Crippen LogP contribution >= 0.6 is 0 Å². The first kappa shape index (κ1) is 23.4. The third-order valence-corrected chi connectivity index (χ3v) is 5.79. The first-order valence-electron chi connectivity index (χ1n) is 11.3. The fraction of sp³-hybridized carbons (Fsp3) is 0.308. The minimum Gasteiger partial charge on any atom is -0.500 e. The van der Waals surface area contributed by atoms with Crippen LogP contribution in [0.15, 0.2) is 54.6 Å². The van der Waals surface area contributed by atoms with E-state index in [4.69, 9.17) is 14.2 Å². The average molecular weight is 454 g/mol. The van der Waals surface area contributed by atoms with E-state index in [2.05, 4.69) is 6.92 Å². The normalized spacial score (nSPS) is 18.3. The largest absolute Gasteiger partial charge is 0.500 e. The van der Waals surface area contributed by atoms with Crippen LogP contribution in [-0.2, 0) is 9.47 Å². The molecule has 0 spiro atoms. The van der Waals surface area contributed by atoms with Crippen molar-refractivity contribution in [2.24, 2.45) is 5.92 Å². The molecule has 0 aromatic heterocycles. The SMILES string of the molecule is BCOc1ccc(-c2ccc(-c3ccc(C4OCC(CCC)CO4)c(F)c3)cc2)c(F)c1F. The highest BCUT2D eigenvalue weighted by Crippen LogP contribution is 2.33. The molecule has 0 atom stereocenters. The van der Waals surface area contributed by atoms with Crippen molar-refractivity contribution in [1.29, 1.82) is 0 Å². The van der Waals surface area contributed by atoms with Gasteiger partial charge in [-0.25, -0.2) is 8.78 Å². The molecule has 0 bridgehead atoms. The maximum atomic E-state index is 14.8. The minimum atomic E-state index is -1.01. The van der Waals surface area contributed by atoms with Gasteiger partial charge in [0.15, 0.2) is 25.7 Å². The molecule has 0 amide bonds. The Hall–Kier alpha value is -2.77. The van der Waals surface area contributed by atoms with Gasteiger partial charge in [-0.15, -0.1) is 0 Å². The van der Waals surface area contributed by atoms with Crippen molar-refractivity contribution >= 4 is 7.85 Å². The summed E-state index contributed by atoms with van der Waals surface area (Å²) in [5.41, 5.74) is 2.44. The highest BCUT2D eigenvalue weighted by Gasteiger charge is 2.25. The molecule has 0 saturated carbocycles. The molecule has 172 valence electrons. The van der Waals surface area contributed by atoms with Crippen LogP contribution in [0.4, 0.5) is 13.2 Å². The Morgan fingerprint density at radius 3 is 2.18 bits per heavy atom. The van der Waals surface area contributed by atoms with Crippen LogP contribution in [0.5, 0.6) is 5.75 Å². The van der Waals surface area contributed by atoms with Gasteiger partial charge in [-0.2, -0.15) is 4.39 Å². The molecule has 3 aromatic carbocycles. The fourth-order valence-electron chi connectivity index (χ4n) is 4.06. The Labute approximate surface area is 192 Å². The Balaban J connectivity index is 1.51. The summed E-state index contributed by atoms with van der Waals surface area (Å²) in [6.07, 6.45) is 1.38. The molecular weight excluding hydrogens is 428 g/mol. The van der Waals surface area contributed by atoms with E-state index < -0.39 is 23.7 Å². The van der Waals surface area contributed by atoms with Gasteiger partial charge in [0.2, 0.25) is 5.82 Å². The van der Waals surface area contributed by atoms with Gasteiger partial charge in [-0.3, -0.25) is 0 Å². The van der Waals surface area contributed by atoms with E-state index in [1.807, 2.05) is 0 Å². The molecule has 0 radical (unpaired) electrons. The van der Waals surface area contributed by atoms with Crippen LogP contribution in [0.25, 0.3) is 22.3 Å². The van der Waals surface area contributed by atoms with Crippen molar-refractivity contribution in [3.8, 4) is 28.0 Å². The van der Waals surface area contributed by atoms with Crippen molar-refractivity contribution in [2.45, 2.75) is 26.1 Å². The molecule has 3 aromatic rings. The lowest BCUT2D eigenvalue weighted by Crippen LogP contribution is -2.27. The molecule has 0 aliphatic carbocycles. The van der Waals surface area contributed by atoms with Gasteiger partial charge in [0, 0.05) is 17.0 Å². The quantitative estimate of drug-likeness (QED) is 0.418. The summed E-state index contributed by atoms with van der Waals surface area (Å²) in [4.78, 5) is 0. The van der Waals surface area contributed by atoms with Crippen LogP contribution < -0.4 is 4.74 Å². The average Bonchev–Trinajstić information content (AvgIpc) is 2.83. The van der Waals surface area contributed by atoms with Crippen molar-refractivity contribution < 1.29 is 27.4 Å². The Morgan fingerprint density at radius 1 is 0.879 bits per heavy atom. The highest BCUT2D eigenvalue weighted by molar-refractivity contribution is 6.08. The van der Waals surface area contributed by atoms with E-state index in [1.54, 1.807) is 44.2 Å². The second kappa shape index (κ2) is 10.4. The van der Waals surface area contributed by atoms with Crippen LogP contribution in [0.3, 0.4) is 0 Å². The molecule has 1 fully saturated rings. The molecular formula is C26H26BF3O3. The van der Waals surface area contributed by atoms with Crippen molar-refractivity contribution in [3.05, 3.63) is 77.6 Å². The summed E-state index contributed by atoms with van der Waals surface area (Å²) < 4.78 is 60.1. The Morgan fingerprint density at radius 2 is 1.55 bits per heavy atom. The van der Waals surface area contributed by atoms with E-state index in [-0.39, 0.29) is 17.8 Å². The Kier molecular flexibility index (Phi) is 7.41. The van der Waals surface area contributed by atoms with E-state index in [0.717, 1.165) is 18.4 Å². The zero-order valence-electron chi connectivity index (χ0n) is 18.7. The predicted molar refractivity (Wildman–Crippen MR) is 124 cm³/mol. The standard InChI is InChI=1S/C26H26BF3O3/c1-2-3-16-13-31-26(32-14-16)21-9-8-19(12-22(21)28)17-4-6-18(7-5-17)20-10-11-23(33-15-27)25(30)24(20)29/h4-12,16,26H,2-3,13-15,27H2,1H3. The van der Waals surface area contributed by atoms with Crippen LogP contribution in [-0.4, -0.2) is 27.6 Å². The summed E-state index contributed by atoms with van der Waals surface area (Å²) in [7, 11) is 1.71. The molecule has 33 heavy (non-hydrogen) atoms. The molecule has 1 heterocycles. The maximum Gasteiger partial charge on any atom is 0.201 e. The second-order valence-electron chi connectivity index (χ2n) is 8.14. The van der Waals surface area contributed by atoms with Crippen molar-refractivity contribution in [1.82, 2.24) is 0 Å². The van der Waals surface area contributed by atoms with Crippen LogP contribution in [0.2, 0.25) is 0 Å². The zero-order valence-corrected chi connectivity index (χ0v) is 18.7. The molecule has 1 aliphatic rings. The summed E-state index contributed by atoms with van der Waals surface area (Å²) in [5.74, 6) is -2.14. The van der Waals surface area contributed by atoms with Gasteiger partial charge in [0.1, 0.15) is 5.82 Å². The van der Waals surface area contributed by atoms with Crippen LogP contribution in [0, 0.1) is 23.4 Å². The van der Waals surface area contributed by atoms with Crippen molar-refractivity contribution in [3.63, 3.8) is 0 Å². The maximum absolute atomic E-state index is 14.8. The lowest BCUT2D eigenvalue weighted by atomic mass is 9.98. The molecule has 7 heteroatoms. The predicted octanol–water partition coefficient (Wildman–Crippen LogP) is 5.87. The van der Waals surface area contributed by atoms with Gasteiger partial charge in [-0.1, -0.05) is 49.7 Å². The second-order valence-corrected chi connectivity index (χ2v) is 8.14. The van der Waals surface area contributed by atoms with E-state index in [0.29, 0.717) is 35.8 Å². The third-order valence-electron chi connectivity index (χ3n) is 5.79. The van der Waals surface area contributed by atoms with E-state index >= 15 is 0 Å². The monoisotopic (exact) mass is 454 g/mol. The number of hydrogen-bond donors (Lipinski definition) is 0. The molecule has 0 unspecified atom stereocenters. The molecule has 3 nitrogen and oxygen atoms in total. The number of halogens is 3. The lowest BCUT2D eigenvalue weighted by molar-refractivity contribution is -0.207. The number of rotatable bonds is 7. The fourth-order valence-corrected chi connectivity index (χ4v) is 4.06. The molecule has 1 aliphatic heterocycles. The van der Waals surface area contributed by atoms with Gasteiger partial charge >= 0.3 is 0 Å². The number of benzene rings is 3. The third kappa shape index (κ3) is 5.10. The van der Waals surface area contributed by atoms with Gasteiger partial charge in [0.05, 0.1) is 19.7 Å². The number of ether oxygens (including phenoxy) is 3. The van der Waals surface area contributed by atoms with Gasteiger partial charge in [0.25, 0.3) is 0 Å². The first-order chi connectivity index (χ1) is 16.0. The summed E-state index contributed by atoms with van der Waals surface area (Å²) in [6.45, 7) is 3.48. The van der Waals surface area contributed by atoms with E-state index in [9.17, 15) is 13.2 Å². The van der Waals surface area contributed by atoms with E-state index in [1.165, 1.54) is 18.2 Å². The first-order valence-corrected chi connectivity index (χ1v) is 11.3. The molecule has 1 saturated heterocycles. The smallest absolute Gasteiger partial charge is 0.201 e. The van der Waals surface area contributed by atoms with Gasteiger partial charge in [-0.05, 0) is 41.3 Å². The summed E-state index contributed by atoms with van der Waals surface area (Å²) >= 11 is 0. The highest BCUT2D eigenvalue weighted by atomic mass is 19.2. The number of hydrogen-bond acceptors (Lipinski definition) is 3. The Bertz CT molecular complexity index is 1100. The van der Waals surface area contributed by atoms with Gasteiger partial charge < -0.3 is 14.2 Å². The zero-order chi connectivity index (χ0) is 23.4. The summed E-state index contributed by atoms with van der Waals surface area (Å²) in [6, 6.07) is 14.7. The minimum absolute atomic E-state index is 0.113.